The Kier molecular flexibility index (Phi) is 4.46. The summed E-state index contributed by atoms with van der Waals surface area (Å²) in [6, 6.07) is 15.6. The van der Waals surface area contributed by atoms with Gasteiger partial charge in [0.1, 0.15) is 5.75 Å². The minimum Gasteiger partial charge on any atom is -0.497 e. The van der Waals surface area contributed by atoms with Crippen molar-refractivity contribution >= 4 is 50.6 Å². The molecule has 0 aliphatic rings. The fraction of sp³-hybridized carbons (Fsp3) is 0.0556. The minimum absolute atomic E-state index is 0.665. The van der Waals surface area contributed by atoms with E-state index in [4.69, 9.17) is 16.3 Å². The van der Waals surface area contributed by atoms with E-state index in [0.717, 1.165) is 32.4 Å². The van der Waals surface area contributed by atoms with Gasteiger partial charge >= 0.3 is 0 Å². The maximum atomic E-state index is 6.36. The second-order valence-corrected chi connectivity index (χ2v) is 6.12. The van der Waals surface area contributed by atoms with E-state index in [2.05, 4.69) is 20.9 Å². The zero-order valence-electron chi connectivity index (χ0n) is 11.9. The van der Waals surface area contributed by atoms with Crippen LogP contribution in [0.2, 0.25) is 5.02 Å². The van der Waals surface area contributed by atoms with Crippen LogP contribution < -0.4 is 4.74 Å². The molecule has 0 bridgehead atoms. The van der Waals surface area contributed by atoms with E-state index in [-0.39, 0.29) is 0 Å². The summed E-state index contributed by atoms with van der Waals surface area (Å²) in [5, 5.41) is 1.55. The topological polar surface area (TPSA) is 22.1 Å². The summed E-state index contributed by atoms with van der Waals surface area (Å²) in [7, 11) is 1.64. The highest BCUT2D eigenvalue weighted by atomic mass is 79.9. The third-order valence-electron chi connectivity index (χ3n) is 3.28. The van der Waals surface area contributed by atoms with Gasteiger partial charge in [0, 0.05) is 9.86 Å². The highest BCUT2D eigenvalue weighted by Gasteiger charge is 2.04. The van der Waals surface area contributed by atoms with Crippen LogP contribution in [-0.2, 0) is 0 Å². The summed E-state index contributed by atoms with van der Waals surface area (Å²) in [5.41, 5.74) is 2.77. The number of hydrogen-bond acceptors (Lipinski definition) is 2. The lowest BCUT2D eigenvalue weighted by Crippen LogP contribution is -1.87. The summed E-state index contributed by atoms with van der Waals surface area (Å²) in [5.74, 6) is 0.772. The number of nitrogens with zero attached hydrogens (tertiary/aromatic N) is 1. The fourth-order valence-corrected chi connectivity index (χ4v) is 2.87. The molecule has 0 spiro atoms. The average Bonchev–Trinajstić information content (AvgIpc) is 2.53. The molecular formula is C18H13BrClNO. The molecule has 1 aromatic heterocycles. The van der Waals surface area contributed by atoms with Gasteiger partial charge in [-0.05, 0) is 48.0 Å². The Morgan fingerprint density at radius 1 is 1.09 bits per heavy atom. The predicted octanol–water partition coefficient (Wildman–Crippen LogP) is 5.83. The molecule has 2 nitrogen and oxygen atoms in total. The van der Waals surface area contributed by atoms with Crippen molar-refractivity contribution in [2.24, 2.45) is 0 Å². The largest absolute Gasteiger partial charge is 0.497 e. The van der Waals surface area contributed by atoms with Gasteiger partial charge in [-0.1, -0.05) is 45.7 Å². The quantitative estimate of drug-likeness (QED) is 0.575. The minimum atomic E-state index is 0.665. The van der Waals surface area contributed by atoms with Crippen molar-refractivity contribution in [3.8, 4) is 5.75 Å². The molecule has 110 valence electrons. The molecule has 3 rings (SSSR count). The molecule has 0 aliphatic carbocycles. The second-order valence-electron chi connectivity index (χ2n) is 4.80. The van der Waals surface area contributed by atoms with E-state index in [0.29, 0.717) is 5.02 Å². The Bertz CT molecular complexity index is 861. The Balaban J connectivity index is 1.98. The Labute approximate surface area is 142 Å². The first-order chi connectivity index (χ1) is 10.7. The maximum absolute atomic E-state index is 6.36. The van der Waals surface area contributed by atoms with E-state index in [9.17, 15) is 0 Å². The molecule has 2 aromatic carbocycles. The predicted molar refractivity (Wildman–Crippen MR) is 96.4 cm³/mol. The van der Waals surface area contributed by atoms with Crippen molar-refractivity contribution in [1.82, 2.24) is 4.98 Å². The standard InChI is InChI=1S/C18H13BrClNO/c1-22-15-7-8-18-16(11-15)17(20)10-14(21-18)6-5-12-3-2-4-13(19)9-12/h2-11H,1H3/b6-5+. The normalized spacial score (nSPS) is 11.2. The van der Waals surface area contributed by atoms with Gasteiger partial charge in [0.15, 0.2) is 0 Å². The van der Waals surface area contributed by atoms with Crippen molar-refractivity contribution in [2.75, 3.05) is 7.11 Å². The van der Waals surface area contributed by atoms with E-state index < -0.39 is 0 Å². The number of halogens is 2. The van der Waals surface area contributed by atoms with E-state index in [1.807, 2.05) is 60.7 Å². The first-order valence-corrected chi connectivity index (χ1v) is 7.91. The van der Waals surface area contributed by atoms with Crippen LogP contribution >= 0.6 is 27.5 Å². The van der Waals surface area contributed by atoms with Gasteiger partial charge in [-0.3, -0.25) is 0 Å². The average molecular weight is 375 g/mol. The molecule has 0 fully saturated rings. The third-order valence-corrected chi connectivity index (χ3v) is 4.09. The van der Waals surface area contributed by atoms with Crippen LogP contribution in [0, 0.1) is 0 Å². The number of aromatic nitrogens is 1. The molecule has 1 heterocycles. The van der Waals surface area contributed by atoms with Crippen molar-refractivity contribution in [3.05, 3.63) is 69.3 Å². The van der Waals surface area contributed by atoms with Crippen LogP contribution in [0.1, 0.15) is 11.3 Å². The lowest BCUT2D eigenvalue weighted by molar-refractivity contribution is 0.415. The highest BCUT2D eigenvalue weighted by Crippen LogP contribution is 2.27. The lowest BCUT2D eigenvalue weighted by Gasteiger charge is -2.05. The monoisotopic (exact) mass is 373 g/mol. The van der Waals surface area contributed by atoms with Crippen LogP contribution in [-0.4, -0.2) is 12.1 Å². The van der Waals surface area contributed by atoms with Crippen molar-refractivity contribution in [1.29, 1.82) is 0 Å². The molecule has 0 radical (unpaired) electrons. The number of benzene rings is 2. The van der Waals surface area contributed by atoms with Crippen molar-refractivity contribution in [2.45, 2.75) is 0 Å². The number of pyridine rings is 1. The summed E-state index contributed by atoms with van der Waals surface area (Å²) in [6.45, 7) is 0. The van der Waals surface area contributed by atoms with Crippen LogP contribution in [0.25, 0.3) is 23.1 Å². The van der Waals surface area contributed by atoms with Crippen LogP contribution in [0.3, 0.4) is 0 Å². The molecule has 0 amide bonds. The lowest BCUT2D eigenvalue weighted by atomic mass is 10.1. The molecule has 22 heavy (non-hydrogen) atoms. The first kappa shape index (κ1) is 15.1. The maximum Gasteiger partial charge on any atom is 0.119 e. The number of rotatable bonds is 3. The second kappa shape index (κ2) is 6.51. The first-order valence-electron chi connectivity index (χ1n) is 6.73. The molecule has 4 heteroatoms. The van der Waals surface area contributed by atoms with Crippen LogP contribution in [0.4, 0.5) is 0 Å². The summed E-state index contributed by atoms with van der Waals surface area (Å²) < 4.78 is 6.27. The van der Waals surface area contributed by atoms with Crippen molar-refractivity contribution in [3.63, 3.8) is 0 Å². The number of fused-ring (bicyclic) bond motifs is 1. The van der Waals surface area contributed by atoms with E-state index in [1.165, 1.54) is 0 Å². The van der Waals surface area contributed by atoms with Gasteiger partial charge in [-0.25, -0.2) is 4.98 Å². The SMILES string of the molecule is COc1ccc2nc(/C=C/c3cccc(Br)c3)cc(Cl)c2c1. The third kappa shape index (κ3) is 3.32. The van der Waals surface area contributed by atoms with Gasteiger partial charge in [0.2, 0.25) is 0 Å². The summed E-state index contributed by atoms with van der Waals surface area (Å²) in [6.07, 6.45) is 3.97. The number of hydrogen-bond donors (Lipinski definition) is 0. The highest BCUT2D eigenvalue weighted by molar-refractivity contribution is 9.10. The van der Waals surface area contributed by atoms with Gasteiger partial charge in [0.25, 0.3) is 0 Å². The smallest absolute Gasteiger partial charge is 0.119 e. The molecule has 0 saturated carbocycles. The Morgan fingerprint density at radius 2 is 1.95 bits per heavy atom. The van der Waals surface area contributed by atoms with Crippen molar-refractivity contribution < 1.29 is 4.74 Å². The van der Waals surface area contributed by atoms with Gasteiger partial charge in [-0.2, -0.15) is 0 Å². The Hall–Kier alpha value is -1.84. The molecule has 0 N–H and O–H groups in total. The van der Waals surface area contributed by atoms with Gasteiger partial charge < -0.3 is 4.74 Å². The summed E-state index contributed by atoms with van der Waals surface area (Å²) in [4.78, 5) is 4.61. The number of methoxy groups -OCH3 is 1. The molecular weight excluding hydrogens is 362 g/mol. The Morgan fingerprint density at radius 3 is 2.73 bits per heavy atom. The zero-order chi connectivity index (χ0) is 15.5. The van der Waals surface area contributed by atoms with Gasteiger partial charge in [-0.15, -0.1) is 0 Å². The molecule has 3 aromatic rings. The van der Waals surface area contributed by atoms with Crippen LogP contribution in [0.5, 0.6) is 5.75 Å². The molecule has 0 saturated heterocycles. The fourth-order valence-electron chi connectivity index (χ4n) is 2.19. The molecule has 0 unspecified atom stereocenters. The van der Waals surface area contributed by atoms with Crippen LogP contribution in [0.15, 0.2) is 53.0 Å². The van der Waals surface area contributed by atoms with E-state index in [1.54, 1.807) is 7.11 Å². The van der Waals surface area contributed by atoms with Gasteiger partial charge in [0.05, 0.1) is 23.3 Å². The molecule has 0 aliphatic heterocycles. The number of ether oxygens (including phenoxy) is 1. The summed E-state index contributed by atoms with van der Waals surface area (Å²) >= 11 is 9.82. The zero-order valence-corrected chi connectivity index (χ0v) is 14.2. The molecule has 0 atom stereocenters. The van der Waals surface area contributed by atoms with E-state index >= 15 is 0 Å².